The molecule has 31 heavy (non-hydrogen) atoms. The highest BCUT2D eigenvalue weighted by Gasteiger charge is 2.28. The van der Waals surface area contributed by atoms with Crippen molar-refractivity contribution in [3.63, 3.8) is 0 Å². The third-order valence-corrected chi connectivity index (χ3v) is 6.83. The van der Waals surface area contributed by atoms with E-state index >= 15 is 0 Å². The SMILES string of the molecule is Cc1cc(C)cc(CSCC(=O)N(Cc2ccccc2)[C@@H](C)C(=O)NC2CCCC2)c1. The molecule has 5 heteroatoms. The van der Waals surface area contributed by atoms with E-state index in [0.29, 0.717) is 12.3 Å². The van der Waals surface area contributed by atoms with Crippen LogP contribution in [-0.2, 0) is 21.9 Å². The van der Waals surface area contributed by atoms with Crippen molar-refractivity contribution in [3.8, 4) is 0 Å². The van der Waals surface area contributed by atoms with Crippen LogP contribution < -0.4 is 5.32 Å². The number of amides is 2. The Morgan fingerprint density at radius 2 is 1.68 bits per heavy atom. The Morgan fingerprint density at radius 1 is 1.03 bits per heavy atom. The maximum atomic E-state index is 13.2. The van der Waals surface area contributed by atoms with Crippen molar-refractivity contribution in [3.05, 3.63) is 70.8 Å². The average molecular weight is 439 g/mol. The minimum atomic E-state index is -0.491. The molecule has 2 amide bonds. The molecule has 1 aliphatic rings. The topological polar surface area (TPSA) is 49.4 Å². The number of carbonyl (C=O) groups is 2. The molecule has 4 nitrogen and oxygen atoms in total. The molecule has 0 bridgehead atoms. The third-order valence-electron chi connectivity index (χ3n) is 5.84. The van der Waals surface area contributed by atoms with Crippen LogP contribution in [0.2, 0.25) is 0 Å². The highest BCUT2D eigenvalue weighted by atomic mass is 32.2. The van der Waals surface area contributed by atoms with Crippen molar-refractivity contribution >= 4 is 23.6 Å². The van der Waals surface area contributed by atoms with E-state index in [4.69, 9.17) is 0 Å². The van der Waals surface area contributed by atoms with Crippen LogP contribution in [0.1, 0.15) is 54.9 Å². The highest BCUT2D eigenvalue weighted by molar-refractivity contribution is 7.99. The van der Waals surface area contributed by atoms with Gasteiger partial charge in [0, 0.05) is 18.3 Å². The molecule has 0 radical (unpaired) electrons. The maximum Gasteiger partial charge on any atom is 0.242 e. The Bertz CT molecular complexity index is 858. The Hall–Kier alpha value is -2.27. The summed E-state index contributed by atoms with van der Waals surface area (Å²) in [7, 11) is 0. The summed E-state index contributed by atoms with van der Waals surface area (Å²) in [6.07, 6.45) is 4.41. The predicted octanol–water partition coefficient (Wildman–Crippen LogP) is 5.01. The second-order valence-electron chi connectivity index (χ2n) is 8.66. The lowest BCUT2D eigenvalue weighted by atomic mass is 10.1. The fourth-order valence-corrected chi connectivity index (χ4v) is 5.09. The number of aryl methyl sites for hydroxylation is 2. The number of hydrogen-bond donors (Lipinski definition) is 1. The first-order valence-electron chi connectivity index (χ1n) is 11.2. The van der Waals surface area contributed by atoms with Crippen molar-refractivity contribution in [2.45, 2.75) is 70.8 Å². The lowest BCUT2D eigenvalue weighted by Gasteiger charge is -2.29. The van der Waals surface area contributed by atoms with Gasteiger partial charge in [-0.3, -0.25) is 9.59 Å². The molecule has 0 heterocycles. The van der Waals surface area contributed by atoms with Crippen molar-refractivity contribution in [2.75, 3.05) is 5.75 Å². The monoisotopic (exact) mass is 438 g/mol. The first kappa shape index (κ1) is 23.4. The predicted molar refractivity (Wildman–Crippen MR) is 129 cm³/mol. The molecule has 1 fully saturated rings. The molecule has 166 valence electrons. The zero-order valence-corrected chi connectivity index (χ0v) is 19.7. The first-order chi connectivity index (χ1) is 14.9. The first-order valence-corrected chi connectivity index (χ1v) is 12.4. The van der Waals surface area contributed by atoms with Crippen molar-refractivity contribution in [1.82, 2.24) is 10.2 Å². The summed E-state index contributed by atoms with van der Waals surface area (Å²) in [5, 5.41) is 3.15. The van der Waals surface area contributed by atoms with E-state index in [0.717, 1.165) is 24.2 Å². The van der Waals surface area contributed by atoms with E-state index in [9.17, 15) is 9.59 Å². The van der Waals surface area contributed by atoms with Gasteiger partial charge in [-0.05, 0) is 44.7 Å². The molecule has 0 spiro atoms. The van der Waals surface area contributed by atoms with Gasteiger partial charge in [0.1, 0.15) is 6.04 Å². The van der Waals surface area contributed by atoms with E-state index in [1.807, 2.05) is 37.3 Å². The second kappa shape index (κ2) is 11.4. The van der Waals surface area contributed by atoms with Crippen molar-refractivity contribution in [1.29, 1.82) is 0 Å². The largest absolute Gasteiger partial charge is 0.352 e. The number of nitrogens with one attached hydrogen (secondary N) is 1. The van der Waals surface area contributed by atoms with Crippen LogP contribution in [0.15, 0.2) is 48.5 Å². The fraction of sp³-hybridized carbons (Fsp3) is 0.462. The van der Waals surface area contributed by atoms with Crippen LogP contribution in [0.5, 0.6) is 0 Å². The Labute approximate surface area is 190 Å². The summed E-state index contributed by atoms with van der Waals surface area (Å²) in [6, 6.07) is 16.2. The van der Waals surface area contributed by atoms with E-state index in [1.54, 1.807) is 16.7 Å². The van der Waals surface area contributed by atoms with Gasteiger partial charge >= 0.3 is 0 Å². The van der Waals surface area contributed by atoms with Gasteiger partial charge in [0.15, 0.2) is 0 Å². The molecule has 0 unspecified atom stereocenters. The van der Waals surface area contributed by atoms with Gasteiger partial charge in [-0.1, -0.05) is 72.5 Å². The summed E-state index contributed by atoms with van der Waals surface area (Å²) in [4.78, 5) is 27.8. The lowest BCUT2D eigenvalue weighted by Crippen LogP contribution is -2.50. The van der Waals surface area contributed by atoms with Gasteiger partial charge in [-0.15, -0.1) is 11.8 Å². The third kappa shape index (κ3) is 7.13. The number of thioether (sulfide) groups is 1. The number of carbonyl (C=O) groups excluding carboxylic acids is 2. The molecule has 0 aromatic heterocycles. The molecule has 0 aliphatic heterocycles. The maximum absolute atomic E-state index is 13.2. The van der Waals surface area contributed by atoms with E-state index in [2.05, 4.69) is 37.4 Å². The fourth-order valence-electron chi connectivity index (χ4n) is 4.25. The second-order valence-corrected chi connectivity index (χ2v) is 9.65. The summed E-state index contributed by atoms with van der Waals surface area (Å²) in [6.45, 7) is 6.49. The van der Waals surface area contributed by atoms with Crippen LogP contribution >= 0.6 is 11.8 Å². The number of rotatable bonds is 9. The molecule has 1 atom stereocenters. The molecule has 1 aliphatic carbocycles. The van der Waals surface area contributed by atoms with Gasteiger partial charge in [0.2, 0.25) is 11.8 Å². The Kier molecular flexibility index (Phi) is 8.59. The highest BCUT2D eigenvalue weighted by Crippen LogP contribution is 2.20. The molecule has 1 saturated carbocycles. The standard InChI is InChI=1S/C26H34N2O2S/c1-19-13-20(2)15-23(14-19)17-31-18-25(29)28(16-22-9-5-4-6-10-22)21(3)26(30)27-24-11-7-8-12-24/h4-6,9-10,13-15,21,24H,7-8,11-12,16-18H2,1-3H3,(H,27,30)/t21-/m0/s1. The zero-order chi connectivity index (χ0) is 22.2. The molecule has 1 N–H and O–H groups in total. The van der Waals surface area contributed by atoms with E-state index in [-0.39, 0.29) is 17.9 Å². The molecule has 3 rings (SSSR count). The minimum absolute atomic E-state index is 0.00676. The average Bonchev–Trinajstić information content (AvgIpc) is 3.24. The number of hydrogen-bond acceptors (Lipinski definition) is 3. The van der Waals surface area contributed by atoms with Crippen molar-refractivity contribution in [2.24, 2.45) is 0 Å². The van der Waals surface area contributed by atoms with Crippen LogP contribution in [0, 0.1) is 13.8 Å². The smallest absolute Gasteiger partial charge is 0.242 e. The summed E-state index contributed by atoms with van der Waals surface area (Å²) in [5.41, 5.74) is 4.75. The van der Waals surface area contributed by atoms with Crippen LogP contribution in [-0.4, -0.2) is 34.6 Å². The zero-order valence-electron chi connectivity index (χ0n) is 18.9. The van der Waals surface area contributed by atoms with Crippen LogP contribution in [0.4, 0.5) is 0 Å². The van der Waals surface area contributed by atoms with Gasteiger partial charge in [-0.2, -0.15) is 0 Å². The molecule has 2 aromatic carbocycles. The van der Waals surface area contributed by atoms with Gasteiger partial charge < -0.3 is 10.2 Å². The van der Waals surface area contributed by atoms with E-state index < -0.39 is 6.04 Å². The van der Waals surface area contributed by atoms with Gasteiger partial charge in [0.25, 0.3) is 0 Å². The van der Waals surface area contributed by atoms with Gasteiger partial charge in [-0.25, -0.2) is 0 Å². The van der Waals surface area contributed by atoms with Crippen LogP contribution in [0.3, 0.4) is 0 Å². The Morgan fingerprint density at radius 3 is 2.32 bits per heavy atom. The molecular formula is C26H34N2O2S. The molecular weight excluding hydrogens is 404 g/mol. The summed E-state index contributed by atoms with van der Waals surface area (Å²) >= 11 is 1.61. The Balaban J connectivity index is 1.64. The van der Waals surface area contributed by atoms with E-state index in [1.165, 1.54) is 29.5 Å². The normalized spacial score (nSPS) is 14.9. The minimum Gasteiger partial charge on any atom is -0.352 e. The molecule has 2 aromatic rings. The summed E-state index contributed by atoms with van der Waals surface area (Å²) < 4.78 is 0. The van der Waals surface area contributed by atoms with Crippen molar-refractivity contribution < 1.29 is 9.59 Å². The summed E-state index contributed by atoms with van der Waals surface area (Å²) in [5.74, 6) is 1.11. The van der Waals surface area contributed by atoms with Crippen LogP contribution in [0.25, 0.3) is 0 Å². The number of benzene rings is 2. The quantitative estimate of drug-likeness (QED) is 0.598. The number of nitrogens with zero attached hydrogens (tertiary/aromatic N) is 1. The van der Waals surface area contributed by atoms with Gasteiger partial charge in [0.05, 0.1) is 5.75 Å². The lowest BCUT2D eigenvalue weighted by molar-refractivity contribution is -0.138. The molecule has 0 saturated heterocycles.